The molecular formula is C20H23ClN2O3. The van der Waals surface area contributed by atoms with E-state index in [1.54, 1.807) is 32.0 Å². The van der Waals surface area contributed by atoms with Gasteiger partial charge in [-0.3, -0.25) is 9.59 Å². The number of aryl methyl sites for hydroxylation is 1. The lowest BCUT2D eigenvalue weighted by Crippen LogP contribution is -2.44. The normalized spacial score (nSPS) is 12.9. The molecule has 2 rings (SSSR count). The lowest BCUT2D eigenvalue weighted by Gasteiger charge is -2.23. The molecule has 0 aliphatic carbocycles. The Balaban J connectivity index is 1.84. The molecule has 0 radical (unpaired) electrons. The van der Waals surface area contributed by atoms with Crippen LogP contribution in [0.2, 0.25) is 5.02 Å². The second kappa shape index (κ2) is 8.83. The highest BCUT2D eigenvalue weighted by atomic mass is 35.5. The minimum Gasteiger partial charge on any atom is -0.388 e. The fourth-order valence-corrected chi connectivity index (χ4v) is 2.59. The van der Waals surface area contributed by atoms with Crippen molar-refractivity contribution in [3.8, 4) is 0 Å². The molecular weight excluding hydrogens is 352 g/mol. The summed E-state index contributed by atoms with van der Waals surface area (Å²) in [5.41, 5.74) is 1.16. The molecule has 0 aromatic heterocycles. The summed E-state index contributed by atoms with van der Waals surface area (Å²) in [6.45, 7) is 3.38. The van der Waals surface area contributed by atoms with Crippen molar-refractivity contribution in [2.24, 2.45) is 0 Å². The Morgan fingerprint density at radius 3 is 2.46 bits per heavy atom. The number of halogens is 1. The molecule has 1 atom stereocenters. The smallest absolute Gasteiger partial charge is 0.313 e. The van der Waals surface area contributed by atoms with Crippen molar-refractivity contribution in [2.45, 2.75) is 32.3 Å². The molecule has 138 valence electrons. The summed E-state index contributed by atoms with van der Waals surface area (Å²) in [5, 5.41) is 15.9. The molecule has 0 aliphatic heterocycles. The Bertz CT molecular complexity index is 776. The molecule has 5 nitrogen and oxygen atoms in total. The molecule has 0 saturated heterocycles. The Kier molecular flexibility index (Phi) is 6.77. The van der Waals surface area contributed by atoms with Crippen LogP contribution in [0.3, 0.4) is 0 Å². The zero-order valence-corrected chi connectivity index (χ0v) is 15.6. The van der Waals surface area contributed by atoms with Gasteiger partial charge in [-0.15, -0.1) is 0 Å². The number of hydrogen-bond acceptors (Lipinski definition) is 3. The highest BCUT2D eigenvalue weighted by Gasteiger charge is 2.23. The predicted molar refractivity (Wildman–Crippen MR) is 103 cm³/mol. The van der Waals surface area contributed by atoms with Crippen LogP contribution in [0.5, 0.6) is 0 Å². The third-order valence-corrected chi connectivity index (χ3v) is 4.56. The first-order valence-electron chi connectivity index (χ1n) is 8.39. The first kappa shape index (κ1) is 19.9. The van der Waals surface area contributed by atoms with Crippen molar-refractivity contribution in [2.75, 3.05) is 11.9 Å². The fraction of sp³-hybridized carbons (Fsp3) is 0.300. The molecule has 2 aromatic carbocycles. The minimum atomic E-state index is -1.11. The summed E-state index contributed by atoms with van der Waals surface area (Å²) in [7, 11) is 0. The van der Waals surface area contributed by atoms with E-state index in [1.807, 2.05) is 30.3 Å². The maximum Gasteiger partial charge on any atom is 0.313 e. The highest BCUT2D eigenvalue weighted by molar-refractivity contribution is 6.40. The number of nitrogens with one attached hydrogen (secondary N) is 2. The van der Waals surface area contributed by atoms with Crippen molar-refractivity contribution >= 4 is 29.1 Å². The van der Waals surface area contributed by atoms with Crippen molar-refractivity contribution in [1.29, 1.82) is 0 Å². The lowest BCUT2D eigenvalue weighted by atomic mass is 9.97. The van der Waals surface area contributed by atoms with Crippen LogP contribution in [0.15, 0.2) is 48.5 Å². The number of benzene rings is 2. The molecule has 6 heteroatoms. The molecule has 3 N–H and O–H groups in total. The van der Waals surface area contributed by atoms with E-state index in [2.05, 4.69) is 10.6 Å². The van der Waals surface area contributed by atoms with Gasteiger partial charge in [0, 0.05) is 17.3 Å². The molecule has 0 aliphatic rings. The third kappa shape index (κ3) is 5.86. The van der Waals surface area contributed by atoms with Crippen LogP contribution >= 0.6 is 11.6 Å². The van der Waals surface area contributed by atoms with E-state index in [1.165, 1.54) is 0 Å². The Morgan fingerprint density at radius 2 is 1.77 bits per heavy atom. The van der Waals surface area contributed by atoms with E-state index in [0.29, 0.717) is 29.1 Å². The Morgan fingerprint density at radius 1 is 1.08 bits per heavy atom. The van der Waals surface area contributed by atoms with Crippen LogP contribution in [0, 0.1) is 6.92 Å². The fourth-order valence-electron chi connectivity index (χ4n) is 2.42. The molecule has 0 heterocycles. The van der Waals surface area contributed by atoms with E-state index >= 15 is 0 Å². The van der Waals surface area contributed by atoms with Gasteiger partial charge in [0.25, 0.3) is 0 Å². The molecule has 26 heavy (non-hydrogen) atoms. The SMILES string of the molecule is Cc1c(Cl)cccc1NC(=O)C(=O)NCC(C)(O)CCc1ccccc1. The van der Waals surface area contributed by atoms with Gasteiger partial charge in [-0.2, -0.15) is 0 Å². The summed E-state index contributed by atoms with van der Waals surface area (Å²) in [6.07, 6.45) is 1.14. The summed E-state index contributed by atoms with van der Waals surface area (Å²) in [6, 6.07) is 14.8. The van der Waals surface area contributed by atoms with Crippen molar-refractivity contribution in [3.05, 3.63) is 64.7 Å². The van der Waals surface area contributed by atoms with Crippen molar-refractivity contribution in [3.63, 3.8) is 0 Å². The van der Waals surface area contributed by atoms with Crippen molar-refractivity contribution in [1.82, 2.24) is 5.32 Å². The van der Waals surface area contributed by atoms with Crippen LogP contribution in [-0.2, 0) is 16.0 Å². The van der Waals surface area contributed by atoms with Gasteiger partial charge in [0.1, 0.15) is 0 Å². The lowest BCUT2D eigenvalue weighted by molar-refractivity contribution is -0.136. The molecule has 1 unspecified atom stereocenters. The quantitative estimate of drug-likeness (QED) is 0.680. The van der Waals surface area contributed by atoms with E-state index in [9.17, 15) is 14.7 Å². The van der Waals surface area contributed by atoms with Gasteiger partial charge in [0.2, 0.25) is 0 Å². The average Bonchev–Trinajstić information content (AvgIpc) is 2.63. The average molecular weight is 375 g/mol. The van der Waals surface area contributed by atoms with E-state index in [-0.39, 0.29) is 6.54 Å². The van der Waals surface area contributed by atoms with Gasteiger partial charge in [-0.1, -0.05) is 48.0 Å². The van der Waals surface area contributed by atoms with Gasteiger partial charge in [0.05, 0.1) is 5.60 Å². The number of hydrogen-bond donors (Lipinski definition) is 3. The maximum absolute atomic E-state index is 12.0. The first-order chi connectivity index (χ1) is 12.3. The van der Waals surface area contributed by atoms with E-state index in [0.717, 1.165) is 5.56 Å². The largest absolute Gasteiger partial charge is 0.388 e. The van der Waals surface area contributed by atoms with Crippen LogP contribution in [0.1, 0.15) is 24.5 Å². The number of amides is 2. The standard InChI is InChI=1S/C20H23ClN2O3/c1-14-16(21)9-6-10-17(14)23-19(25)18(24)22-13-20(2,26)12-11-15-7-4-3-5-8-15/h3-10,26H,11-13H2,1-2H3,(H,22,24)(H,23,25). The topological polar surface area (TPSA) is 78.4 Å². The monoisotopic (exact) mass is 374 g/mol. The van der Waals surface area contributed by atoms with Crippen LogP contribution in [-0.4, -0.2) is 29.1 Å². The van der Waals surface area contributed by atoms with Gasteiger partial charge in [-0.25, -0.2) is 0 Å². The number of carbonyl (C=O) groups is 2. The zero-order chi connectivity index (χ0) is 19.2. The molecule has 2 aromatic rings. The first-order valence-corrected chi connectivity index (χ1v) is 8.77. The van der Waals surface area contributed by atoms with Crippen LogP contribution in [0.4, 0.5) is 5.69 Å². The van der Waals surface area contributed by atoms with Crippen molar-refractivity contribution < 1.29 is 14.7 Å². The number of rotatable bonds is 6. The number of aliphatic hydroxyl groups is 1. The zero-order valence-electron chi connectivity index (χ0n) is 14.9. The van der Waals surface area contributed by atoms with E-state index in [4.69, 9.17) is 11.6 Å². The second-order valence-electron chi connectivity index (χ2n) is 6.53. The summed E-state index contributed by atoms with van der Waals surface area (Å²) in [4.78, 5) is 24.0. The summed E-state index contributed by atoms with van der Waals surface area (Å²) < 4.78 is 0. The molecule has 0 spiro atoms. The highest BCUT2D eigenvalue weighted by Crippen LogP contribution is 2.22. The summed E-state index contributed by atoms with van der Waals surface area (Å²) in [5.74, 6) is -1.60. The molecule has 0 fully saturated rings. The molecule has 0 bridgehead atoms. The van der Waals surface area contributed by atoms with E-state index < -0.39 is 17.4 Å². The van der Waals surface area contributed by atoms with Gasteiger partial charge < -0.3 is 15.7 Å². The Hall–Kier alpha value is -2.37. The Labute approximate surface area is 158 Å². The molecule has 2 amide bonds. The minimum absolute atomic E-state index is 0.0133. The number of anilines is 1. The van der Waals surface area contributed by atoms with Crippen LogP contribution < -0.4 is 10.6 Å². The predicted octanol–water partition coefficient (Wildman–Crippen LogP) is 3.09. The second-order valence-corrected chi connectivity index (χ2v) is 6.94. The van der Waals surface area contributed by atoms with Crippen LogP contribution in [0.25, 0.3) is 0 Å². The van der Waals surface area contributed by atoms with Gasteiger partial charge in [0.15, 0.2) is 0 Å². The maximum atomic E-state index is 12.0. The number of carbonyl (C=O) groups excluding carboxylic acids is 2. The summed E-state index contributed by atoms with van der Waals surface area (Å²) >= 11 is 6.00. The molecule has 0 saturated carbocycles. The third-order valence-electron chi connectivity index (χ3n) is 4.15. The van der Waals surface area contributed by atoms with Gasteiger partial charge >= 0.3 is 11.8 Å². The van der Waals surface area contributed by atoms with Gasteiger partial charge in [-0.05, 0) is 49.9 Å².